The highest BCUT2D eigenvalue weighted by Crippen LogP contribution is 2.07. The van der Waals surface area contributed by atoms with Crippen LogP contribution in [0.4, 0.5) is 0 Å². The highest BCUT2D eigenvalue weighted by Gasteiger charge is 2.06. The first-order chi connectivity index (χ1) is 5.62. The Morgan fingerprint density at radius 3 is 2.67 bits per heavy atom. The molecule has 0 fully saturated rings. The van der Waals surface area contributed by atoms with Gasteiger partial charge in [0.15, 0.2) is 0 Å². The van der Waals surface area contributed by atoms with Gasteiger partial charge in [-0.05, 0) is 12.0 Å². The molecule has 0 saturated carbocycles. The third-order valence-electron chi connectivity index (χ3n) is 1.29. The summed E-state index contributed by atoms with van der Waals surface area (Å²) in [6.45, 7) is 2.03. The number of hydrogen-bond donors (Lipinski definition) is 0. The predicted molar refractivity (Wildman–Crippen MR) is 46.5 cm³/mol. The Kier molecular flexibility index (Phi) is 5.49. The Morgan fingerprint density at radius 2 is 2.17 bits per heavy atom. The van der Waals surface area contributed by atoms with Crippen molar-refractivity contribution in [3.05, 3.63) is 16.2 Å². The summed E-state index contributed by atoms with van der Waals surface area (Å²) < 4.78 is 24.1. The van der Waals surface area contributed by atoms with Gasteiger partial charge in [0.1, 0.15) is 0 Å². The van der Waals surface area contributed by atoms with Crippen LogP contribution in [-0.2, 0) is 10.0 Å². The van der Waals surface area contributed by atoms with Crippen LogP contribution in [0.3, 0.4) is 0 Å². The number of unbranched alkanes of at least 4 members (excludes halogenated alkanes) is 3. The van der Waals surface area contributed by atoms with Gasteiger partial charge in [0.05, 0.1) is 5.75 Å². The van der Waals surface area contributed by atoms with Crippen molar-refractivity contribution in [2.75, 3.05) is 0 Å². The van der Waals surface area contributed by atoms with E-state index < -0.39 is 10.0 Å². The van der Waals surface area contributed by atoms with E-state index in [1.165, 1.54) is 0 Å². The Labute approximate surface area is 72.5 Å². The summed E-state index contributed by atoms with van der Waals surface area (Å²) in [4.78, 5) is 2.21. The van der Waals surface area contributed by atoms with Gasteiger partial charge in [0.25, 0.3) is 0 Å². The molecular weight excluding hydrogens is 178 g/mol. The molecule has 0 aliphatic carbocycles. The second-order valence-electron chi connectivity index (χ2n) is 2.35. The van der Waals surface area contributed by atoms with E-state index in [4.69, 9.17) is 5.53 Å². The minimum atomic E-state index is -3.63. The molecule has 0 N–H and O–H groups in total. The monoisotopic (exact) mass is 190 g/mol. The van der Waals surface area contributed by atoms with Crippen molar-refractivity contribution in [2.45, 2.75) is 32.6 Å². The molecule has 0 aromatic heterocycles. The maximum Gasteiger partial charge on any atom is 0.239 e. The summed E-state index contributed by atoms with van der Waals surface area (Å²) in [5.74, 6) is 1.06. The van der Waals surface area contributed by atoms with Crippen LogP contribution in [0.1, 0.15) is 32.6 Å². The van der Waals surface area contributed by atoms with E-state index in [1.54, 1.807) is 0 Å². The molecule has 5 nitrogen and oxygen atoms in total. The summed E-state index contributed by atoms with van der Waals surface area (Å²) in [5.41, 5.74) is 7.86. The number of nitrogens with zero attached hydrogens (tertiary/aromatic N) is 3. The van der Waals surface area contributed by atoms with Gasteiger partial charge in [-0.2, -0.15) is 0 Å². The average molecular weight is 190 g/mol. The lowest BCUT2D eigenvalue weighted by Gasteiger charge is -1.95. The van der Waals surface area contributed by atoms with Crippen molar-refractivity contribution in [1.82, 2.24) is 0 Å². The smallest absolute Gasteiger partial charge is 0.221 e. The molecular formula is C6H12N3O2S. The van der Waals surface area contributed by atoms with Crippen LogP contribution in [0.25, 0.3) is 10.4 Å². The Hall–Kier alpha value is -0.740. The quantitative estimate of drug-likeness (QED) is 0.279. The fourth-order valence-electron chi connectivity index (χ4n) is 0.711. The third-order valence-corrected chi connectivity index (χ3v) is 2.24. The first kappa shape index (κ1) is 11.3. The summed E-state index contributed by atoms with van der Waals surface area (Å²) in [7, 11) is -3.63. The van der Waals surface area contributed by atoms with E-state index >= 15 is 0 Å². The molecule has 0 saturated heterocycles. The van der Waals surface area contributed by atoms with E-state index in [0.29, 0.717) is 6.42 Å². The minimum Gasteiger partial charge on any atom is -0.221 e. The standard InChI is InChI=1S/C6H12N3O2S/c1-2-3-4-5-6-12(10,11)9-8-7/h6H,2-5H2,1H3. The molecule has 0 spiro atoms. The molecule has 0 aromatic carbocycles. The molecule has 0 aromatic rings. The van der Waals surface area contributed by atoms with Crippen LogP contribution in [0, 0.1) is 5.75 Å². The topological polar surface area (TPSA) is 82.9 Å². The second-order valence-corrected chi connectivity index (χ2v) is 3.88. The third kappa shape index (κ3) is 6.00. The molecule has 0 aliphatic heterocycles. The zero-order chi connectivity index (χ0) is 9.45. The Bertz CT molecular complexity index is 254. The van der Waals surface area contributed by atoms with E-state index in [9.17, 15) is 8.42 Å². The molecule has 0 rings (SSSR count). The van der Waals surface area contributed by atoms with Crippen molar-refractivity contribution in [3.63, 3.8) is 0 Å². The maximum atomic E-state index is 10.7. The molecule has 12 heavy (non-hydrogen) atoms. The van der Waals surface area contributed by atoms with Crippen molar-refractivity contribution < 1.29 is 8.42 Å². The summed E-state index contributed by atoms with van der Waals surface area (Å²) in [6, 6.07) is 0. The molecule has 1 radical (unpaired) electrons. The van der Waals surface area contributed by atoms with Gasteiger partial charge in [0, 0.05) is 9.43 Å². The predicted octanol–water partition coefficient (Wildman–Crippen LogP) is 2.37. The van der Waals surface area contributed by atoms with E-state index in [-0.39, 0.29) is 0 Å². The zero-order valence-electron chi connectivity index (χ0n) is 6.97. The van der Waals surface area contributed by atoms with Crippen molar-refractivity contribution in [2.24, 2.45) is 4.52 Å². The van der Waals surface area contributed by atoms with Crippen LogP contribution in [0.15, 0.2) is 4.52 Å². The summed E-state index contributed by atoms with van der Waals surface area (Å²) in [5, 5.41) is 0. The Balaban J connectivity index is 3.70. The van der Waals surface area contributed by atoms with Gasteiger partial charge >= 0.3 is 0 Å². The van der Waals surface area contributed by atoms with Crippen molar-refractivity contribution in [3.8, 4) is 0 Å². The lowest BCUT2D eigenvalue weighted by atomic mass is 10.2. The second kappa shape index (κ2) is 5.85. The summed E-state index contributed by atoms with van der Waals surface area (Å²) in [6.07, 6.45) is 3.30. The van der Waals surface area contributed by atoms with Crippen LogP contribution in [0.2, 0.25) is 0 Å². The Morgan fingerprint density at radius 1 is 1.50 bits per heavy atom. The first-order valence-corrected chi connectivity index (χ1v) is 5.27. The molecule has 0 heterocycles. The van der Waals surface area contributed by atoms with Gasteiger partial charge in [-0.3, -0.25) is 0 Å². The van der Waals surface area contributed by atoms with Gasteiger partial charge in [0.2, 0.25) is 10.0 Å². The molecule has 0 bridgehead atoms. The maximum absolute atomic E-state index is 10.7. The number of azide groups is 1. The fourth-order valence-corrected chi connectivity index (χ4v) is 1.34. The van der Waals surface area contributed by atoms with Crippen LogP contribution < -0.4 is 0 Å². The van der Waals surface area contributed by atoms with Crippen molar-refractivity contribution >= 4 is 10.0 Å². The molecule has 6 heteroatoms. The van der Waals surface area contributed by atoms with Crippen LogP contribution in [-0.4, -0.2) is 8.42 Å². The van der Waals surface area contributed by atoms with E-state index in [2.05, 4.69) is 9.43 Å². The normalized spacial score (nSPS) is 10.8. The average Bonchev–Trinajstić information content (AvgIpc) is 1.98. The van der Waals surface area contributed by atoms with Gasteiger partial charge in [-0.1, -0.05) is 26.2 Å². The minimum absolute atomic E-state index is 0.454. The van der Waals surface area contributed by atoms with Gasteiger partial charge in [-0.25, -0.2) is 8.42 Å². The molecule has 0 unspecified atom stereocenters. The van der Waals surface area contributed by atoms with Gasteiger partial charge < -0.3 is 0 Å². The number of rotatable bonds is 6. The first-order valence-electron chi connectivity index (χ1n) is 3.77. The fraction of sp³-hybridized carbons (Fsp3) is 0.833. The molecule has 0 aliphatic rings. The molecule has 0 amide bonds. The lowest BCUT2D eigenvalue weighted by molar-refractivity contribution is 0.598. The van der Waals surface area contributed by atoms with Gasteiger partial charge in [-0.15, -0.1) is 0 Å². The highest BCUT2D eigenvalue weighted by molar-refractivity contribution is 7.91. The van der Waals surface area contributed by atoms with E-state index in [0.717, 1.165) is 25.0 Å². The number of hydrogen-bond acceptors (Lipinski definition) is 2. The summed E-state index contributed by atoms with van der Waals surface area (Å²) >= 11 is 0. The lowest BCUT2D eigenvalue weighted by Crippen LogP contribution is -1.94. The SMILES string of the molecule is CCCCC[CH]S(=O)(=O)N=[N+]=[N-]. The molecule has 69 valence electrons. The van der Waals surface area contributed by atoms with Crippen LogP contribution in [0.5, 0.6) is 0 Å². The van der Waals surface area contributed by atoms with Crippen LogP contribution >= 0.6 is 0 Å². The zero-order valence-corrected chi connectivity index (χ0v) is 7.79. The largest absolute Gasteiger partial charge is 0.239 e. The highest BCUT2D eigenvalue weighted by atomic mass is 32.2. The van der Waals surface area contributed by atoms with Crippen molar-refractivity contribution in [1.29, 1.82) is 0 Å². The number of sulfonamides is 1. The molecule has 0 atom stereocenters. The van der Waals surface area contributed by atoms with E-state index in [1.807, 2.05) is 6.92 Å².